The standard InChI is InChI=1S/C24H27N3O3S/c28-31(29,21-6-2-1-3-7-21)22-17-19-5-4-8-23(24(19)25-18-22)27-11-9-20(10-12-27)26-13-15-30-16-14-26/h1-8,17-18,20H,9-16H2. The van der Waals surface area contributed by atoms with Crippen LogP contribution in [-0.4, -0.2) is 63.7 Å². The number of pyridine rings is 1. The quantitative estimate of drug-likeness (QED) is 0.624. The highest BCUT2D eigenvalue weighted by Gasteiger charge is 2.27. The number of hydrogen-bond donors (Lipinski definition) is 0. The van der Waals surface area contributed by atoms with Crippen LogP contribution in [0.25, 0.3) is 10.9 Å². The molecule has 162 valence electrons. The maximum atomic E-state index is 13.0. The first-order chi connectivity index (χ1) is 15.1. The Morgan fingerprint density at radius 2 is 1.61 bits per heavy atom. The lowest BCUT2D eigenvalue weighted by Crippen LogP contribution is -2.49. The van der Waals surface area contributed by atoms with Gasteiger partial charge in [0.2, 0.25) is 9.84 Å². The fraction of sp³-hybridized carbons (Fsp3) is 0.375. The summed E-state index contributed by atoms with van der Waals surface area (Å²) in [6, 6.07) is 16.9. The number of piperidine rings is 1. The van der Waals surface area contributed by atoms with E-state index < -0.39 is 9.84 Å². The van der Waals surface area contributed by atoms with Gasteiger partial charge in [-0.15, -0.1) is 0 Å². The molecule has 6 nitrogen and oxygen atoms in total. The Hall–Kier alpha value is -2.48. The largest absolute Gasteiger partial charge is 0.379 e. The molecule has 3 heterocycles. The lowest BCUT2D eigenvalue weighted by molar-refractivity contribution is 0.0115. The molecule has 2 saturated heterocycles. The minimum Gasteiger partial charge on any atom is -0.379 e. The van der Waals surface area contributed by atoms with Gasteiger partial charge in [0.1, 0.15) is 0 Å². The highest BCUT2D eigenvalue weighted by atomic mass is 32.2. The smallest absolute Gasteiger partial charge is 0.208 e. The highest BCUT2D eigenvalue weighted by Crippen LogP contribution is 2.31. The maximum absolute atomic E-state index is 13.0. The number of para-hydroxylation sites is 1. The summed E-state index contributed by atoms with van der Waals surface area (Å²) >= 11 is 0. The van der Waals surface area contributed by atoms with Gasteiger partial charge in [0, 0.05) is 43.8 Å². The Balaban J connectivity index is 1.39. The Kier molecular flexibility index (Phi) is 5.65. The monoisotopic (exact) mass is 437 g/mol. The van der Waals surface area contributed by atoms with E-state index in [1.807, 2.05) is 18.2 Å². The van der Waals surface area contributed by atoms with Crippen molar-refractivity contribution in [2.45, 2.75) is 28.7 Å². The normalized spacial score (nSPS) is 19.0. The van der Waals surface area contributed by atoms with Crippen molar-refractivity contribution in [3.05, 3.63) is 60.8 Å². The zero-order chi connectivity index (χ0) is 21.3. The summed E-state index contributed by atoms with van der Waals surface area (Å²) in [5.41, 5.74) is 1.95. The third-order valence-electron chi connectivity index (χ3n) is 6.40. The number of hydrogen-bond acceptors (Lipinski definition) is 6. The van der Waals surface area contributed by atoms with Gasteiger partial charge in [0.05, 0.1) is 34.2 Å². The van der Waals surface area contributed by atoms with Gasteiger partial charge in [-0.1, -0.05) is 30.3 Å². The fourth-order valence-electron chi connectivity index (χ4n) is 4.68. The molecule has 2 aliphatic heterocycles. The Bertz CT molecular complexity index is 1150. The van der Waals surface area contributed by atoms with Crippen LogP contribution in [0.3, 0.4) is 0 Å². The average Bonchev–Trinajstić information content (AvgIpc) is 2.84. The van der Waals surface area contributed by atoms with E-state index in [-0.39, 0.29) is 9.79 Å². The van der Waals surface area contributed by atoms with Gasteiger partial charge in [0.25, 0.3) is 0 Å². The molecule has 2 fully saturated rings. The molecule has 0 unspecified atom stereocenters. The number of rotatable bonds is 4. The SMILES string of the molecule is O=S(=O)(c1ccccc1)c1cnc2c(N3CCC(N4CCOCC4)CC3)cccc2c1. The second-order valence-corrected chi connectivity index (χ2v) is 10.2. The first-order valence-electron chi connectivity index (χ1n) is 10.9. The van der Waals surface area contributed by atoms with Crippen LogP contribution < -0.4 is 4.90 Å². The molecular formula is C24H27N3O3S. The van der Waals surface area contributed by atoms with Crippen molar-refractivity contribution in [2.75, 3.05) is 44.3 Å². The molecule has 5 rings (SSSR count). The number of nitrogens with zero attached hydrogens (tertiary/aromatic N) is 3. The van der Waals surface area contributed by atoms with Crippen LogP contribution in [0.4, 0.5) is 5.69 Å². The lowest BCUT2D eigenvalue weighted by Gasteiger charge is -2.41. The summed E-state index contributed by atoms with van der Waals surface area (Å²) in [6.07, 6.45) is 3.74. The number of sulfone groups is 1. The zero-order valence-corrected chi connectivity index (χ0v) is 18.3. The summed E-state index contributed by atoms with van der Waals surface area (Å²) < 4.78 is 31.5. The van der Waals surface area contributed by atoms with E-state index in [4.69, 9.17) is 4.74 Å². The van der Waals surface area contributed by atoms with Crippen molar-refractivity contribution in [1.29, 1.82) is 0 Å². The van der Waals surface area contributed by atoms with Crippen molar-refractivity contribution < 1.29 is 13.2 Å². The molecule has 0 radical (unpaired) electrons. The van der Waals surface area contributed by atoms with Crippen molar-refractivity contribution in [3.8, 4) is 0 Å². The van der Waals surface area contributed by atoms with E-state index in [9.17, 15) is 8.42 Å². The second kappa shape index (κ2) is 8.57. The molecular weight excluding hydrogens is 410 g/mol. The molecule has 1 aromatic heterocycles. The van der Waals surface area contributed by atoms with Gasteiger partial charge in [-0.3, -0.25) is 9.88 Å². The summed E-state index contributed by atoms with van der Waals surface area (Å²) in [4.78, 5) is 10.1. The summed E-state index contributed by atoms with van der Waals surface area (Å²) in [6.45, 7) is 5.68. The van der Waals surface area contributed by atoms with Crippen molar-refractivity contribution in [3.63, 3.8) is 0 Å². The van der Waals surface area contributed by atoms with Gasteiger partial charge < -0.3 is 9.64 Å². The third kappa shape index (κ3) is 4.05. The number of aromatic nitrogens is 1. The predicted molar refractivity (Wildman–Crippen MR) is 121 cm³/mol. The van der Waals surface area contributed by atoms with E-state index in [2.05, 4.69) is 20.9 Å². The molecule has 7 heteroatoms. The van der Waals surface area contributed by atoms with Gasteiger partial charge in [-0.05, 0) is 37.1 Å². The minimum atomic E-state index is -3.58. The second-order valence-electron chi connectivity index (χ2n) is 8.20. The average molecular weight is 438 g/mol. The number of fused-ring (bicyclic) bond motifs is 1. The molecule has 0 atom stereocenters. The lowest BCUT2D eigenvalue weighted by atomic mass is 10.0. The van der Waals surface area contributed by atoms with Crippen LogP contribution >= 0.6 is 0 Å². The molecule has 0 saturated carbocycles. The maximum Gasteiger partial charge on any atom is 0.208 e. The van der Waals surface area contributed by atoms with Crippen LogP contribution in [0.5, 0.6) is 0 Å². The molecule has 0 spiro atoms. The summed E-state index contributed by atoms with van der Waals surface area (Å²) in [5, 5.41) is 0.852. The predicted octanol–water partition coefficient (Wildman–Crippen LogP) is 3.37. The third-order valence-corrected chi connectivity index (χ3v) is 8.13. The van der Waals surface area contributed by atoms with E-state index in [1.165, 1.54) is 6.20 Å². The molecule has 31 heavy (non-hydrogen) atoms. The van der Waals surface area contributed by atoms with E-state index >= 15 is 0 Å². The molecule has 0 amide bonds. The van der Waals surface area contributed by atoms with Gasteiger partial charge in [-0.25, -0.2) is 8.42 Å². The van der Waals surface area contributed by atoms with Gasteiger partial charge in [-0.2, -0.15) is 0 Å². The van der Waals surface area contributed by atoms with Crippen molar-refractivity contribution in [2.24, 2.45) is 0 Å². The van der Waals surface area contributed by atoms with Crippen molar-refractivity contribution >= 4 is 26.4 Å². The van der Waals surface area contributed by atoms with Crippen LogP contribution in [0.15, 0.2) is 70.6 Å². The molecule has 0 aliphatic carbocycles. The first kappa shape index (κ1) is 20.4. The summed E-state index contributed by atoms with van der Waals surface area (Å²) in [5.74, 6) is 0. The minimum absolute atomic E-state index is 0.231. The first-order valence-corrected chi connectivity index (χ1v) is 12.4. The molecule has 0 bridgehead atoms. The van der Waals surface area contributed by atoms with Crippen molar-refractivity contribution in [1.82, 2.24) is 9.88 Å². The van der Waals surface area contributed by atoms with Crippen LogP contribution in [0.2, 0.25) is 0 Å². The van der Waals surface area contributed by atoms with Gasteiger partial charge in [0.15, 0.2) is 0 Å². The Morgan fingerprint density at radius 3 is 2.35 bits per heavy atom. The highest BCUT2D eigenvalue weighted by molar-refractivity contribution is 7.91. The number of ether oxygens (including phenoxy) is 1. The molecule has 0 N–H and O–H groups in total. The van der Waals surface area contributed by atoms with Gasteiger partial charge >= 0.3 is 0 Å². The number of anilines is 1. The van der Waals surface area contributed by atoms with E-state index in [1.54, 1.807) is 30.3 Å². The van der Waals surface area contributed by atoms with Crippen LogP contribution in [-0.2, 0) is 14.6 Å². The molecule has 3 aromatic rings. The Labute approximate surface area is 183 Å². The van der Waals surface area contributed by atoms with Crippen LogP contribution in [0, 0.1) is 0 Å². The van der Waals surface area contributed by atoms with E-state index in [0.29, 0.717) is 6.04 Å². The molecule has 2 aliphatic rings. The zero-order valence-electron chi connectivity index (χ0n) is 17.5. The number of morpholine rings is 1. The fourth-order valence-corrected chi connectivity index (χ4v) is 5.94. The molecule has 2 aromatic carbocycles. The number of benzene rings is 2. The summed E-state index contributed by atoms with van der Waals surface area (Å²) in [7, 11) is -3.58. The topological polar surface area (TPSA) is 62.7 Å². The van der Waals surface area contributed by atoms with Crippen LogP contribution in [0.1, 0.15) is 12.8 Å². The Morgan fingerprint density at radius 1 is 0.871 bits per heavy atom. The van der Waals surface area contributed by atoms with E-state index in [0.717, 1.165) is 68.8 Å².